The molecule has 29 heavy (non-hydrogen) atoms. The van der Waals surface area contributed by atoms with Gasteiger partial charge in [0.05, 0.1) is 17.0 Å². The number of carbonyl (C=O) groups is 1. The van der Waals surface area contributed by atoms with Crippen LogP contribution >= 0.6 is 0 Å². The van der Waals surface area contributed by atoms with E-state index in [2.05, 4.69) is 15.2 Å². The SMILES string of the molecule is Cc1ccc(NS(=O)(=O)c2ccc(NC(=O)Cc3c(C)noc3C)cc2)cc1C. The van der Waals surface area contributed by atoms with Crippen molar-refractivity contribution in [3.05, 3.63) is 70.6 Å². The monoisotopic (exact) mass is 413 g/mol. The molecular formula is C21H23N3O4S. The number of nitrogens with zero attached hydrogens (tertiary/aromatic N) is 1. The van der Waals surface area contributed by atoms with Gasteiger partial charge in [-0.05, 0) is 75.2 Å². The van der Waals surface area contributed by atoms with Gasteiger partial charge in [-0.15, -0.1) is 0 Å². The van der Waals surface area contributed by atoms with Crippen LogP contribution in [-0.4, -0.2) is 19.5 Å². The van der Waals surface area contributed by atoms with Crippen molar-refractivity contribution in [1.29, 1.82) is 0 Å². The second kappa shape index (κ2) is 8.08. The van der Waals surface area contributed by atoms with Crippen LogP contribution in [0.3, 0.4) is 0 Å². The Balaban J connectivity index is 1.68. The Morgan fingerprint density at radius 3 is 2.21 bits per heavy atom. The number of anilines is 2. The van der Waals surface area contributed by atoms with Crippen molar-refractivity contribution in [2.75, 3.05) is 10.0 Å². The summed E-state index contributed by atoms with van der Waals surface area (Å²) in [4.78, 5) is 12.4. The third-order valence-corrected chi connectivity index (χ3v) is 6.12. The summed E-state index contributed by atoms with van der Waals surface area (Å²) in [5.74, 6) is 0.375. The van der Waals surface area contributed by atoms with Crippen molar-refractivity contribution in [3.8, 4) is 0 Å². The summed E-state index contributed by atoms with van der Waals surface area (Å²) in [6.45, 7) is 7.42. The van der Waals surface area contributed by atoms with Gasteiger partial charge >= 0.3 is 0 Å². The van der Waals surface area contributed by atoms with Gasteiger partial charge in [-0.1, -0.05) is 11.2 Å². The zero-order valence-corrected chi connectivity index (χ0v) is 17.6. The maximum atomic E-state index is 12.6. The molecule has 0 aliphatic heterocycles. The van der Waals surface area contributed by atoms with Crippen LogP contribution in [0.15, 0.2) is 51.9 Å². The second-order valence-electron chi connectivity index (χ2n) is 6.96. The van der Waals surface area contributed by atoms with E-state index < -0.39 is 10.0 Å². The number of carbonyl (C=O) groups excluding carboxylic acids is 1. The Bertz CT molecular complexity index is 1130. The minimum absolute atomic E-state index is 0.111. The van der Waals surface area contributed by atoms with Crippen molar-refractivity contribution in [3.63, 3.8) is 0 Å². The third kappa shape index (κ3) is 4.83. The molecule has 0 unspecified atom stereocenters. The molecular weight excluding hydrogens is 390 g/mol. The molecule has 0 aliphatic rings. The highest BCUT2D eigenvalue weighted by atomic mass is 32.2. The lowest BCUT2D eigenvalue weighted by atomic mass is 10.1. The van der Waals surface area contributed by atoms with Gasteiger partial charge in [0.2, 0.25) is 5.91 Å². The zero-order valence-electron chi connectivity index (χ0n) is 16.7. The van der Waals surface area contributed by atoms with Gasteiger partial charge in [0.25, 0.3) is 10.0 Å². The molecule has 3 aromatic rings. The fourth-order valence-corrected chi connectivity index (χ4v) is 3.91. The van der Waals surface area contributed by atoms with Gasteiger partial charge in [-0.2, -0.15) is 0 Å². The number of nitrogens with one attached hydrogen (secondary N) is 2. The molecule has 0 spiro atoms. The molecule has 8 heteroatoms. The van der Waals surface area contributed by atoms with Crippen molar-refractivity contribution in [1.82, 2.24) is 5.16 Å². The highest BCUT2D eigenvalue weighted by Crippen LogP contribution is 2.21. The Hall–Kier alpha value is -3.13. The Kier molecular flexibility index (Phi) is 5.74. The van der Waals surface area contributed by atoms with E-state index in [1.54, 1.807) is 38.1 Å². The van der Waals surface area contributed by atoms with Crippen molar-refractivity contribution in [2.24, 2.45) is 0 Å². The first kappa shape index (κ1) is 20.6. The highest BCUT2D eigenvalue weighted by molar-refractivity contribution is 7.92. The Morgan fingerprint density at radius 2 is 1.62 bits per heavy atom. The number of benzene rings is 2. The van der Waals surface area contributed by atoms with Crippen LogP contribution in [0.2, 0.25) is 0 Å². The Labute approximate surface area is 170 Å². The molecule has 0 atom stereocenters. The fourth-order valence-electron chi connectivity index (χ4n) is 2.86. The number of sulfonamides is 1. The molecule has 2 N–H and O–H groups in total. The maximum absolute atomic E-state index is 12.6. The van der Waals surface area contributed by atoms with Crippen LogP contribution in [-0.2, 0) is 21.2 Å². The van der Waals surface area contributed by atoms with Crippen LogP contribution in [0.4, 0.5) is 11.4 Å². The van der Waals surface area contributed by atoms with Crippen molar-refractivity contribution in [2.45, 2.75) is 39.0 Å². The molecule has 3 rings (SSSR count). The number of rotatable bonds is 6. The van der Waals surface area contributed by atoms with Gasteiger partial charge in [-0.25, -0.2) is 8.42 Å². The number of aromatic nitrogens is 1. The predicted octanol–water partition coefficient (Wildman–Crippen LogP) is 3.89. The summed E-state index contributed by atoms with van der Waals surface area (Å²) < 4.78 is 32.8. The summed E-state index contributed by atoms with van der Waals surface area (Å²) >= 11 is 0. The molecule has 1 amide bonds. The number of aryl methyl sites for hydroxylation is 4. The van der Waals surface area contributed by atoms with E-state index >= 15 is 0 Å². The first-order valence-electron chi connectivity index (χ1n) is 9.07. The molecule has 1 aromatic heterocycles. The quantitative estimate of drug-likeness (QED) is 0.638. The molecule has 0 fully saturated rings. The van der Waals surface area contributed by atoms with Gasteiger partial charge < -0.3 is 9.84 Å². The first-order chi connectivity index (χ1) is 13.7. The van der Waals surface area contributed by atoms with E-state index in [1.165, 1.54) is 12.1 Å². The van der Waals surface area contributed by atoms with Gasteiger partial charge in [-0.3, -0.25) is 9.52 Å². The van der Waals surface area contributed by atoms with Crippen LogP contribution in [0, 0.1) is 27.7 Å². The average Bonchev–Trinajstić information content (AvgIpc) is 2.97. The van der Waals surface area contributed by atoms with Gasteiger partial charge in [0.15, 0.2) is 0 Å². The minimum atomic E-state index is -3.72. The topological polar surface area (TPSA) is 101 Å². The van der Waals surface area contributed by atoms with E-state index in [9.17, 15) is 13.2 Å². The molecule has 0 radical (unpaired) electrons. The summed E-state index contributed by atoms with van der Waals surface area (Å²) in [7, 11) is -3.72. The fraction of sp³-hybridized carbons (Fsp3) is 0.238. The van der Waals surface area contributed by atoms with Crippen LogP contribution in [0.5, 0.6) is 0 Å². The maximum Gasteiger partial charge on any atom is 0.261 e. The molecule has 2 aromatic carbocycles. The Morgan fingerprint density at radius 1 is 0.966 bits per heavy atom. The predicted molar refractivity (Wildman–Crippen MR) is 111 cm³/mol. The number of amides is 1. The normalized spacial score (nSPS) is 11.3. The second-order valence-corrected chi connectivity index (χ2v) is 8.64. The standard InChI is InChI=1S/C21H23N3O4S/c1-13-5-6-18(11-14(13)2)24-29(26,27)19-9-7-17(8-10-19)22-21(25)12-20-15(3)23-28-16(20)4/h5-11,24H,12H2,1-4H3,(H,22,25). The molecule has 0 bridgehead atoms. The lowest BCUT2D eigenvalue weighted by Gasteiger charge is -2.11. The average molecular weight is 413 g/mol. The lowest BCUT2D eigenvalue weighted by Crippen LogP contribution is -2.16. The van der Waals surface area contributed by atoms with E-state index in [0.29, 0.717) is 22.8 Å². The van der Waals surface area contributed by atoms with Crippen LogP contribution in [0.1, 0.15) is 28.1 Å². The van der Waals surface area contributed by atoms with E-state index in [4.69, 9.17) is 4.52 Å². The highest BCUT2D eigenvalue weighted by Gasteiger charge is 2.16. The minimum Gasteiger partial charge on any atom is -0.361 e. The van der Waals surface area contributed by atoms with Crippen molar-refractivity contribution >= 4 is 27.3 Å². The summed E-state index contributed by atoms with van der Waals surface area (Å²) in [5, 5.41) is 6.58. The van der Waals surface area contributed by atoms with Gasteiger partial charge in [0, 0.05) is 16.9 Å². The lowest BCUT2D eigenvalue weighted by molar-refractivity contribution is -0.115. The van der Waals surface area contributed by atoms with Crippen LogP contribution in [0.25, 0.3) is 0 Å². The number of hydrogen-bond acceptors (Lipinski definition) is 5. The molecule has 152 valence electrons. The first-order valence-corrected chi connectivity index (χ1v) is 10.6. The number of hydrogen-bond donors (Lipinski definition) is 2. The summed E-state index contributed by atoms with van der Waals surface area (Å²) in [5.41, 5.74) is 4.53. The molecule has 7 nitrogen and oxygen atoms in total. The molecule has 0 saturated heterocycles. The third-order valence-electron chi connectivity index (χ3n) is 4.73. The largest absolute Gasteiger partial charge is 0.361 e. The zero-order chi connectivity index (χ0) is 21.2. The molecule has 0 saturated carbocycles. The summed E-state index contributed by atoms with van der Waals surface area (Å²) in [6, 6.07) is 11.4. The van der Waals surface area contributed by atoms with E-state index in [1.807, 2.05) is 19.9 Å². The van der Waals surface area contributed by atoms with Crippen LogP contribution < -0.4 is 10.0 Å². The van der Waals surface area contributed by atoms with E-state index in [-0.39, 0.29) is 17.2 Å². The smallest absolute Gasteiger partial charge is 0.261 e. The molecule has 0 aliphatic carbocycles. The summed E-state index contributed by atoms with van der Waals surface area (Å²) in [6.07, 6.45) is 0.134. The van der Waals surface area contributed by atoms with Crippen molar-refractivity contribution < 1.29 is 17.7 Å². The molecule has 1 heterocycles. The van der Waals surface area contributed by atoms with E-state index in [0.717, 1.165) is 16.7 Å². The van der Waals surface area contributed by atoms with Gasteiger partial charge in [0.1, 0.15) is 5.76 Å².